The Morgan fingerprint density at radius 1 is 1.50 bits per heavy atom. The van der Waals surface area contributed by atoms with Crippen LogP contribution < -0.4 is 10.6 Å². The van der Waals surface area contributed by atoms with E-state index >= 15 is 0 Å². The van der Waals surface area contributed by atoms with Gasteiger partial charge in [-0.1, -0.05) is 0 Å². The lowest BCUT2D eigenvalue weighted by Crippen LogP contribution is -2.30. The molecule has 3 nitrogen and oxygen atoms in total. The van der Waals surface area contributed by atoms with Gasteiger partial charge in [0.25, 0.3) is 0 Å². The SMILES string of the molecule is Cc1cc(N(CCO)C2CC2)c(C(C)N)cc1F. The summed E-state index contributed by atoms with van der Waals surface area (Å²) in [6.45, 7) is 4.30. The van der Waals surface area contributed by atoms with E-state index in [1.54, 1.807) is 6.92 Å². The van der Waals surface area contributed by atoms with Crippen molar-refractivity contribution in [2.45, 2.75) is 38.8 Å². The smallest absolute Gasteiger partial charge is 0.126 e. The number of anilines is 1. The van der Waals surface area contributed by atoms with E-state index < -0.39 is 0 Å². The van der Waals surface area contributed by atoms with Crippen LogP contribution in [0, 0.1) is 12.7 Å². The van der Waals surface area contributed by atoms with Gasteiger partial charge in [-0.2, -0.15) is 0 Å². The number of benzene rings is 1. The maximum absolute atomic E-state index is 13.7. The van der Waals surface area contributed by atoms with E-state index in [4.69, 9.17) is 5.73 Å². The number of nitrogens with zero attached hydrogens (tertiary/aromatic N) is 1. The van der Waals surface area contributed by atoms with Crippen molar-refractivity contribution in [2.75, 3.05) is 18.1 Å². The van der Waals surface area contributed by atoms with Crippen LogP contribution in [0.5, 0.6) is 0 Å². The zero-order chi connectivity index (χ0) is 13.3. The molecule has 0 saturated heterocycles. The average Bonchev–Trinajstić information content (AvgIpc) is 3.13. The molecule has 18 heavy (non-hydrogen) atoms. The highest BCUT2D eigenvalue weighted by Gasteiger charge is 2.30. The normalized spacial score (nSPS) is 16.7. The van der Waals surface area contributed by atoms with Crippen LogP contribution in [0.1, 0.15) is 36.9 Å². The molecule has 1 fully saturated rings. The largest absolute Gasteiger partial charge is 0.395 e. The predicted molar refractivity (Wildman–Crippen MR) is 71.2 cm³/mol. The van der Waals surface area contributed by atoms with E-state index in [0.29, 0.717) is 18.2 Å². The molecule has 2 rings (SSSR count). The fraction of sp³-hybridized carbons (Fsp3) is 0.571. The molecule has 0 amide bonds. The van der Waals surface area contributed by atoms with E-state index in [9.17, 15) is 9.50 Å². The lowest BCUT2D eigenvalue weighted by molar-refractivity contribution is 0.301. The molecule has 1 saturated carbocycles. The van der Waals surface area contributed by atoms with Crippen LogP contribution in [0.25, 0.3) is 0 Å². The Hall–Kier alpha value is -1.13. The van der Waals surface area contributed by atoms with Gasteiger partial charge in [0, 0.05) is 24.3 Å². The lowest BCUT2D eigenvalue weighted by atomic mass is 10.0. The Kier molecular flexibility index (Phi) is 3.88. The van der Waals surface area contributed by atoms with E-state index in [1.165, 1.54) is 6.07 Å². The summed E-state index contributed by atoms with van der Waals surface area (Å²) in [5.74, 6) is -0.217. The van der Waals surface area contributed by atoms with E-state index in [2.05, 4.69) is 4.90 Å². The highest BCUT2D eigenvalue weighted by atomic mass is 19.1. The molecule has 3 N–H and O–H groups in total. The van der Waals surface area contributed by atoms with Gasteiger partial charge in [0.1, 0.15) is 5.82 Å². The molecule has 1 aliphatic carbocycles. The number of aliphatic hydroxyl groups is 1. The quantitative estimate of drug-likeness (QED) is 0.844. The molecule has 1 unspecified atom stereocenters. The zero-order valence-corrected chi connectivity index (χ0v) is 11.0. The molecule has 1 atom stereocenters. The Morgan fingerprint density at radius 2 is 2.17 bits per heavy atom. The van der Waals surface area contributed by atoms with Crippen molar-refractivity contribution < 1.29 is 9.50 Å². The van der Waals surface area contributed by atoms with Crippen LogP contribution in [0.2, 0.25) is 0 Å². The number of aliphatic hydroxyl groups excluding tert-OH is 1. The molecule has 1 aromatic carbocycles. The second kappa shape index (κ2) is 5.24. The van der Waals surface area contributed by atoms with Crippen molar-refractivity contribution in [2.24, 2.45) is 5.73 Å². The molecule has 0 aromatic heterocycles. The Bertz CT molecular complexity index is 430. The molecule has 0 heterocycles. The van der Waals surface area contributed by atoms with Crippen molar-refractivity contribution in [3.63, 3.8) is 0 Å². The third-order valence-electron chi connectivity index (χ3n) is 3.44. The minimum absolute atomic E-state index is 0.102. The number of nitrogens with two attached hydrogens (primary N) is 1. The molecule has 0 spiro atoms. The minimum atomic E-state index is -0.217. The van der Waals surface area contributed by atoms with Crippen LogP contribution in [-0.4, -0.2) is 24.3 Å². The van der Waals surface area contributed by atoms with Gasteiger partial charge < -0.3 is 15.7 Å². The van der Waals surface area contributed by atoms with Crippen LogP contribution >= 0.6 is 0 Å². The Labute approximate surface area is 107 Å². The first-order chi connectivity index (χ1) is 8.54. The van der Waals surface area contributed by atoms with Crippen LogP contribution in [0.15, 0.2) is 12.1 Å². The molecular weight excluding hydrogens is 231 g/mol. The van der Waals surface area contributed by atoms with Gasteiger partial charge in [-0.05, 0) is 49.9 Å². The van der Waals surface area contributed by atoms with Crippen molar-refractivity contribution in [3.8, 4) is 0 Å². The second-order valence-corrected chi connectivity index (χ2v) is 5.10. The standard InChI is InChI=1S/C14H21FN2O/c1-9-7-14(12(10(2)16)8-13(9)15)17(5-6-18)11-3-4-11/h7-8,10-11,18H,3-6,16H2,1-2H3. The molecular formula is C14H21FN2O. The first-order valence-electron chi connectivity index (χ1n) is 6.47. The Morgan fingerprint density at radius 3 is 2.67 bits per heavy atom. The fourth-order valence-electron chi connectivity index (χ4n) is 2.29. The van der Waals surface area contributed by atoms with Crippen molar-refractivity contribution in [1.29, 1.82) is 0 Å². The first-order valence-corrected chi connectivity index (χ1v) is 6.47. The van der Waals surface area contributed by atoms with E-state index in [-0.39, 0.29) is 18.5 Å². The van der Waals surface area contributed by atoms with Gasteiger partial charge in [0.05, 0.1) is 6.61 Å². The molecule has 1 aromatic rings. The molecule has 0 aliphatic heterocycles. The van der Waals surface area contributed by atoms with Crippen LogP contribution in [-0.2, 0) is 0 Å². The maximum Gasteiger partial charge on any atom is 0.126 e. The van der Waals surface area contributed by atoms with Crippen molar-refractivity contribution >= 4 is 5.69 Å². The van der Waals surface area contributed by atoms with E-state index in [0.717, 1.165) is 24.1 Å². The minimum Gasteiger partial charge on any atom is -0.395 e. The number of hydrogen-bond acceptors (Lipinski definition) is 3. The predicted octanol–water partition coefficient (Wildman–Crippen LogP) is 2.11. The molecule has 0 radical (unpaired) electrons. The summed E-state index contributed by atoms with van der Waals surface area (Å²) < 4.78 is 13.7. The molecule has 4 heteroatoms. The van der Waals surface area contributed by atoms with Gasteiger partial charge in [0.2, 0.25) is 0 Å². The van der Waals surface area contributed by atoms with Gasteiger partial charge in [-0.3, -0.25) is 0 Å². The van der Waals surface area contributed by atoms with Crippen LogP contribution in [0.4, 0.5) is 10.1 Å². The van der Waals surface area contributed by atoms with Crippen molar-refractivity contribution in [3.05, 3.63) is 29.1 Å². The first kappa shape index (κ1) is 13.3. The maximum atomic E-state index is 13.7. The number of hydrogen-bond donors (Lipinski definition) is 2. The van der Waals surface area contributed by atoms with Gasteiger partial charge in [0.15, 0.2) is 0 Å². The number of halogens is 1. The van der Waals surface area contributed by atoms with E-state index in [1.807, 2.05) is 13.0 Å². The molecule has 0 bridgehead atoms. The molecule has 100 valence electrons. The highest BCUT2D eigenvalue weighted by molar-refractivity contribution is 5.58. The fourth-order valence-corrected chi connectivity index (χ4v) is 2.29. The number of aryl methyl sites for hydroxylation is 1. The number of rotatable bonds is 5. The highest BCUT2D eigenvalue weighted by Crippen LogP contribution is 2.36. The summed E-state index contributed by atoms with van der Waals surface area (Å²) in [5.41, 5.74) is 8.35. The summed E-state index contributed by atoms with van der Waals surface area (Å²) >= 11 is 0. The summed E-state index contributed by atoms with van der Waals surface area (Å²) in [4.78, 5) is 2.16. The lowest BCUT2D eigenvalue weighted by Gasteiger charge is -2.28. The summed E-state index contributed by atoms with van der Waals surface area (Å²) in [5, 5.41) is 9.18. The third kappa shape index (κ3) is 2.65. The Balaban J connectivity index is 2.42. The third-order valence-corrected chi connectivity index (χ3v) is 3.44. The monoisotopic (exact) mass is 252 g/mol. The topological polar surface area (TPSA) is 49.5 Å². The summed E-state index contributed by atoms with van der Waals surface area (Å²) in [7, 11) is 0. The van der Waals surface area contributed by atoms with Gasteiger partial charge in [-0.25, -0.2) is 4.39 Å². The summed E-state index contributed by atoms with van der Waals surface area (Å²) in [6.07, 6.45) is 2.27. The second-order valence-electron chi connectivity index (χ2n) is 5.10. The molecule has 1 aliphatic rings. The van der Waals surface area contributed by atoms with Gasteiger partial charge >= 0.3 is 0 Å². The summed E-state index contributed by atoms with van der Waals surface area (Å²) in [6, 6.07) is 3.64. The average molecular weight is 252 g/mol. The van der Waals surface area contributed by atoms with Crippen LogP contribution in [0.3, 0.4) is 0 Å². The van der Waals surface area contributed by atoms with Gasteiger partial charge in [-0.15, -0.1) is 0 Å². The zero-order valence-electron chi connectivity index (χ0n) is 11.0. The van der Waals surface area contributed by atoms with Crippen molar-refractivity contribution in [1.82, 2.24) is 0 Å².